The minimum absolute atomic E-state index is 0.161. The molecule has 0 atom stereocenters. The normalized spacial score (nSPS) is 15.9. The Balaban J connectivity index is 1.47. The van der Waals surface area contributed by atoms with Crippen molar-refractivity contribution >= 4 is 22.1 Å². The first-order valence-corrected chi connectivity index (χ1v) is 11.1. The first-order valence-electron chi connectivity index (χ1n) is 9.63. The van der Waals surface area contributed by atoms with Crippen LogP contribution in [0.25, 0.3) is 0 Å². The van der Waals surface area contributed by atoms with Crippen LogP contribution in [0.2, 0.25) is 0 Å². The molecule has 160 valence electrons. The zero-order chi connectivity index (χ0) is 21.6. The van der Waals surface area contributed by atoms with Gasteiger partial charge in [0.05, 0.1) is 24.8 Å². The molecule has 1 aliphatic heterocycles. The third-order valence-corrected chi connectivity index (χ3v) is 6.77. The topological polar surface area (TPSA) is 91.3 Å². The van der Waals surface area contributed by atoms with E-state index in [0.717, 1.165) is 11.1 Å². The Labute approximate surface area is 177 Å². The zero-order valence-electron chi connectivity index (χ0n) is 17.1. The Hall–Kier alpha value is -2.75. The number of ether oxygens (including phenoxy) is 1. The van der Waals surface area contributed by atoms with E-state index in [9.17, 15) is 13.2 Å². The number of hydrogen-bond donors (Lipinski definition) is 1. The lowest BCUT2D eigenvalue weighted by Crippen LogP contribution is -2.50. The highest BCUT2D eigenvalue weighted by Crippen LogP contribution is 2.18. The summed E-state index contributed by atoms with van der Waals surface area (Å²) < 4.78 is 32.1. The number of carbonyl (C=O) groups is 1. The van der Waals surface area contributed by atoms with Crippen molar-refractivity contribution in [1.82, 2.24) is 14.6 Å². The first kappa shape index (κ1) is 21.9. The van der Waals surface area contributed by atoms with Crippen LogP contribution in [-0.2, 0) is 14.8 Å². The summed E-state index contributed by atoms with van der Waals surface area (Å²) in [7, 11) is -1.92. The highest BCUT2D eigenvalue weighted by Gasteiger charge is 2.28. The fourth-order valence-corrected chi connectivity index (χ4v) is 4.55. The molecule has 1 aliphatic rings. The van der Waals surface area contributed by atoms with Crippen molar-refractivity contribution in [3.63, 3.8) is 0 Å². The summed E-state index contributed by atoms with van der Waals surface area (Å²) in [5.74, 6) is 0.465. The van der Waals surface area contributed by atoms with Crippen molar-refractivity contribution in [2.75, 3.05) is 39.8 Å². The largest absolute Gasteiger partial charge is 0.497 e. The molecule has 0 radical (unpaired) electrons. The van der Waals surface area contributed by atoms with Gasteiger partial charge in [-0.15, -0.1) is 0 Å². The van der Waals surface area contributed by atoms with Crippen LogP contribution in [0.15, 0.2) is 58.5 Å². The smallest absolute Gasteiger partial charge is 0.254 e. The maximum Gasteiger partial charge on any atom is 0.254 e. The number of hydrazone groups is 1. The second-order valence-corrected chi connectivity index (χ2v) is 9.00. The number of piperazine rings is 1. The second-order valence-electron chi connectivity index (χ2n) is 7.06. The molecule has 0 saturated carbocycles. The minimum Gasteiger partial charge on any atom is -0.497 e. The van der Waals surface area contributed by atoms with Crippen LogP contribution in [0.3, 0.4) is 0 Å². The molecule has 2 aromatic carbocycles. The van der Waals surface area contributed by atoms with Gasteiger partial charge in [-0.2, -0.15) is 9.41 Å². The number of aryl methyl sites for hydroxylation is 1. The predicted molar refractivity (Wildman–Crippen MR) is 115 cm³/mol. The highest BCUT2D eigenvalue weighted by molar-refractivity contribution is 7.89. The molecule has 0 aromatic heterocycles. The van der Waals surface area contributed by atoms with Gasteiger partial charge in [-0.1, -0.05) is 29.8 Å². The number of nitrogens with zero attached hydrogens (tertiary/aromatic N) is 3. The molecule has 2 aromatic rings. The number of benzene rings is 2. The van der Waals surface area contributed by atoms with Gasteiger partial charge in [0.15, 0.2) is 0 Å². The molecule has 0 unspecified atom stereocenters. The molecule has 8 nitrogen and oxygen atoms in total. The maximum atomic E-state index is 12.7. The van der Waals surface area contributed by atoms with E-state index in [0.29, 0.717) is 36.8 Å². The Bertz CT molecular complexity index is 998. The van der Waals surface area contributed by atoms with Gasteiger partial charge < -0.3 is 4.74 Å². The lowest BCUT2D eigenvalue weighted by Gasteiger charge is -2.33. The van der Waals surface area contributed by atoms with Gasteiger partial charge in [-0.05, 0) is 36.8 Å². The average Bonchev–Trinajstić information content (AvgIpc) is 2.74. The van der Waals surface area contributed by atoms with Crippen LogP contribution >= 0.6 is 0 Å². The van der Waals surface area contributed by atoms with E-state index < -0.39 is 10.0 Å². The SMILES string of the molecule is COc1cccc(C=NNC(=O)CN2CCN(S(=O)(=O)c3ccc(C)cc3)CC2)c1. The molecule has 0 aliphatic carbocycles. The molecule has 1 N–H and O–H groups in total. The molecule has 1 saturated heterocycles. The number of nitrogens with one attached hydrogen (secondary N) is 1. The van der Waals surface area contributed by atoms with E-state index in [1.54, 1.807) is 37.6 Å². The van der Waals surface area contributed by atoms with Gasteiger partial charge in [0.1, 0.15) is 5.75 Å². The number of amides is 1. The summed E-state index contributed by atoms with van der Waals surface area (Å²) in [6, 6.07) is 14.2. The number of sulfonamides is 1. The number of methoxy groups -OCH3 is 1. The average molecular weight is 431 g/mol. The van der Waals surface area contributed by atoms with Crippen LogP contribution in [0.5, 0.6) is 5.75 Å². The van der Waals surface area contributed by atoms with Gasteiger partial charge in [0, 0.05) is 26.2 Å². The van der Waals surface area contributed by atoms with Crippen LogP contribution in [0, 0.1) is 6.92 Å². The van der Waals surface area contributed by atoms with Crippen molar-refractivity contribution in [1.29, 1.82) is 0 Å². The molecule has 1 fully saturated rings. The van der Waals surface area contributed by atoms with Gasteiger partial charge >= 0.3 is 0 Å². The zero-order valence-corrected chi connectivity index (χ0v) is 17.9. The number of hydrogen-bond acceptors (Lipinski definition) is 6. The summed E-state index contributed by atoms with van der Waals surface area (Å²) in [6.45, 7) is 3.73. The summed E-state index contributed by atoms with van der Waals surface area (Å²) in [5, 5.41) is 3.97. The van der Waals surface area contributed by atoms with Gasteiger partial charge in [0.2, 0.25) is 10.0 Å². The third-order valence-electron chi connectivity index (χ3n) is 4.85. The standard InChI is InChI=1S/C21H26N4O4S/c1-17-6-8-20(9-7-17)30(27,28)25-12-10-24(11-13-25)16-21(26)23-22-15-18-4-3-5-19(14-18)29-2/h3-9,14-15H,10-13,16H2,1-2H3,(H,23,26). The fourth-order valence-electron chi connectivity index (χ4n) is 3.13. The van der Waals surface area contributed by atoms with Crippen LogP contribution in [0.4, 0.5) is 0 Å². The van der Waals surface area contributed by atoms with Crippen LogP contribution in [-0.4, -0.2) is 69.6 Å². The lowest BCUT2D eigenvalue weighted by atomic mass is 10.2. The molecule has 0 spiro atoms. The summed E-state index contributed by atoms with van der Waals surface area (Å²) in [4.78, 5) is 14.3. The van der Waals surface area contributed by atoms with Crippen molar-refractivity contribution in [3.05, 3.63) is 59.7 Å². The quantitative estimate of drug-likeness (QED) is 0.531. The van der Waals surface area contributed by atoms with E-state index in [2.05, 4.69) is 10.5 Å². The first-order chi connectivity index (χ1) is 14.4. The Morgan fingerprint density at radius 3 is 2.50 bits per heavy atom. The molecule has 1 heterocycles. The summed E-state index contributed by atoms with van der Waals surface area (Å²) >= 11 is 0. The maximum absolute atomic E-state index is 12.7. The Morgan fingerprint density at radius 2 is 1.83 bits per heavy atom. The molecule has 3 rings (SSSR count). The van der Waals surface area contributed by atoms with Gasteiger partial charge in [0.25, 0.3) is 5.91 Å². The minimum atomic E-state index is -3.51. The third kappa shape index (κ3) is 5.65. The second kappa shape index (κ2) is 9.84. The van der Waals surface area contributed by atoms with Crippen molar-refractivity contribution < 1.29 is 17.9 Å². The van der Waals surface area contributed by atoms with Crippen LogP contribution in [0.1, 0.15) is 11.1 Å². The van der Waals surface area contributed by atoms with E-state index in [1.165, 1.54) is 4.31 Å². The number of rotatable bonds is 7. The molecule has 9 heteroatoms. The van der Waals surface area contributed by atoms with Gasteiger partial charge in [-0.3, -0.25) is 9.69 Å². The number of carbonyl (C=O) groups excluding carboxylic acids is 1. The monoisotopic (exact) mass is 430 g/mol. The van der Waals surface area contributed by atoms with Crippen molar-refractivity contribution in [3.8, 4) is 5.75 Å². The van der Waals surface area contributed by atoms with Crippen molar-refractivity contribution in [2.24, 2.45) is 5.10 Å². The van der Waals surface area contributed by atoms with E-state index in [-0.39, 0.29) is 12.5 Å². The van der Waals surface area contributed by atoms with E-state index in [4.69, 9.17) is 4.74 Å². The summed E-state index contributed by atoms with van der Waals surface area (Å²) in [5.41, 5.74) is 4.33. The van der Waals surface area contributed by atoms with Gasteiger partial charge in [-0.25, -0.2) is 13.8 Å². The van der Waals surface area contributed by atoms with Crippen LogP contribution < -0.4 is 10.2 Å². The molecule has 1 amide bonds. The molecule has 30 heavy (non-hydrogen) atoms. The summed E-state index contributed by atoms with van der Waals surface area (Å²) in [6.07, 6.45) is 1.55. The fraction of sp³-hybridized carbons (Fsp3) is 0.333. The Kier molecular flexibility index (Phi) is 7.20. The van der Waals surface area contributed by atoms with Crippen molar-refractivity contribution in [2.45, 2.75) is 11.8 Å². The highest BCUT2D eigenvalue weighted by atomic mass is 32.2. The van der Waals surface area contributed by atoms with E-state index in [1.807, 2.05) is 36.1 Å². The molecular weight excluding hydrogens is 404 g/mol. The predicted octanol–water partition coefficient (Wildman–Crippen LogP) is 1.46. The molecule has 0 bridgehead atoms. The Morgan fingerprint density at radius 1 is 1.13 bits per heavy atom. The lowest BCUT2D eigenvalue weighted by molar-refractivity contribution is -0.122. The van der Waals surface area contributed by atoms with E-state index >= 15 is 0 Å². The molecular formula is C21H26N4O4S.